The molecule has 0 radical (unpaired) electrons. The lowest BCUT2D eigenvalue weighted by atomic mass is 10.2. The maximum Gasteiger partial charge on any atom is 0.416 e. The molecule has 0 bridgehead atoms. The zero-order valence-corrected chi connectivity index (χ0v) is 18.6. The van der Waals surface area contributed by atoms with Crippen molar-refractivity contribution in [1.29, 1.82) is 0 Å². The molecule has 0 spiro atoms. The molecule has 1 N–H and O–H groups in total. The molecule has 0 fully saturated rings. The minimum absolute atomic E-state index is 0.00394. The summed E-state index contributed by atoms with van der Waals surface area (Å²) in [5.41, 5.74) is -0.823. The zero-order chi connectivity index (χ0) is 24.5. The van der Waals surface area contributed by atoms with Gasteiger partial charge in [-0.15, -0.1) is 11.3 Å². The summed E-state index contributed by atoms with van der Waals surface area (Å²) in [5.74, 6) is 0.00570. The molecular formula is C23H18F3N3O4S. The van der Waals surface area contributed by atoms with Gasteiger partial charge in [-0.1, -0.05) is 12.1 Å². The predicted octanol–water partition coefficient (Wildman–Crippen LogP) is 3.94. The molecule has 2 aromatic heterocycles. The summed E-state index contributed by atoms with van der Waals surface area (Å²) in [6.45, 7) is -0.425. The highest BCUT2D eigenvalue weighted by Gasteiger charge is 2.30. The fourth-order valence-electron chi connectivity index (χ4n) is 3.43. The van der Waals surface area contributed by atoms with Crippen molar-refractivity contribution >= 4 is 33.1 Å². The maximum absolute atomic E-state index is 13.2. The first-order valence-electron chi connectivity index (χ1n) is 9.98. The van der Waals surface area contributed by atoms with Crippen LogP contribution >= 0.6 is 11.3 Å². The summed E-state index contributed by atoms with van der Waals surface area (Å²) in [7, 11) is 1.53. The molecule has 0 aliphatic rings. The molecule has 0 atom stereocenters. The van der Waals surface area contributed by atoms with Crippen molar-refractivity contribution in [2.45, 2.75) is 19.3 Å². The van der Waals surface area contributed by atoms with Gasteiger partial charge in [0.15, 0.2) is 0 Å². The Bertz CT molecular complexity index is 1450. The quantitative estimate of drug-likeness (QED) is 0.445. The first kappa shape index (κ1) is 23.3. The molecule has 4 rings (SSSR count). The first-order valence-corrected chi connectivity index (χ1v) is 10.9. The second-order valence-corrected chi connectivity index (χ2v) is 8.28. The highest BCUT2D eigenvalue weighted by Crippen LogP contribution is 2.29. The van der Waals surface area contributed by atoms with Crippen molar-refractivity contribution in [2.24, 2.45) is 0 Å². The molecule has 0 saturated carbocycles. The van der Waals surface area contributed by atoms with E-state index in [1.807, 2.05) is 0 Å². The van der Waals surface area contributed by atoms with Gasteiger partial charge in [0.1, 0.15) is 17.0 Å². The van der Waals surface area contributed by atoms with E-state index in [0.717, 1.165) is 40.2 Å². The third-order valence-electron chi connectivity index (χ3n) is 5.13. The Hall–Kier alpha value is -3.86. The van der Waals surface area contributed by atoms with Crippen molar-refractivity contribution in [3.05, 3.63) is 91.9 Å². The lowest BCUT2D eigenvalue weighted by molar-refractivity contribution is -0.137. The smallest absolute Gasteiger partial charge is 0.416 e. The van der Waals surface area contributed by atoms with Gasteiger partial charge < -0.3 is 10.1 Å². The van der Waals surface area contributed by atoms with Gasteiger partial charge in [-0.05, 0) is 53.4 Å². The SMILES string of the molecule is COc1ccc(Cn2c(=O)c3sccc3n(CC(=O)Nc3ccc(C(F)(F)F)cc3)c2=O)cc1. The number of carbonyl (C=O) groups is 1. The van der Waals surface area contributed by atoms with E-state index in [1.165, 1.54) is 11.7 Å². The van der Waals surface area contributed by atoms with E-state index in [4.69, 9.17) is 4.74 Å². The van der Waals surface area contributed by atoms with Crippen molar-refractivity contribution in [3.8, 4) is 5.75 Å². The number of halogens is 3. The maximum atomic E-state index is 13.2. The lowest BCUT2D eigenvalue weighted by Crippen LogP contribution is -2.41. The number of nitrogens with one attached hydrogen (secondary N) is 1. The molecule has 7 nitrogen and oxygen atoms in total. The summed E-state index contributed by atoms with van der Waals surface area (Å²) in [6.07, 6.45) is -4.49. The van der Waals surface area contributed by atoms with Crippen molar-refractivity contribution in [1.82, 2.24) is 9.13 Å². The van der Waals surface area contributed by atoms with Crippen molar-refractivity contribution < 1.29 is 22.7 Å². The minimum Gasteiger partial charge on any atom is -0.497 e. The van der Waals surface area contributed by atoms with E-state index in [9.17, 15) is 27.6 Å². The van der Waals surface area contributed by atoms with E-state index in [-0.39, 0.29) is 12.2 Å². The van der Waals surface area contributed by atoms with Crippen LogP contribution in [0.25, 0.3) is 10.2 Å². The fourth-order valence-corrected chi connectivity index (χ4v) is 4.27. The largest absolute Gasteiger partial charge is 0.497 e. The summed E-state index contributed by atoms with van der Waals surface area (Å²) >= 11 is 1.15. The van der Waals surface area contributed by atoms with Gasteiger partial charge >= 0.3 is 11.9 Å². The Kier molecular flexibility index (Phi) is 6.29. The van der Waals surface area contributed by atoms with Crippen LogP contribution in [-0.4, -0.2) is 22.2 Å². The van der Waals surface area contributed by atoms with Crippen molar-refractivity contribution in [3.63, 3.8) is 0 Å². The van der Waals surface area contributed by atoms with Crippen LogP contribution in [-0.2, 0) is 24.1 Å². The molecule has 2 aromatic carbocycles. The van der Waals surface area contributed by atoms with E-state index in [2.05, 4.69) is 5.32 Å². The molecule has 34 heavy (non-hydrogen) atoms. The van der Waals surface area contributed by atoms with Gasteiger partial charge in [-0.3, -0.25) is 18.7 Å². The predicted molar refractivity (Wildman–Crippen MR) is 123 cm³/mol. The molecule has 176 valence electrons. The van der Waals surface area contributed by atoms with E-state index >= 15 is 0 Å². The molecule has 4 aromatic rings. The van der Waals surface area contributed by atoms with Crippen LogP contribution in [0.3, 0.4) is 0 Å². The van der Waals surface area contributed by atoms with Crippen LogP contribution in [0.15, 0.2) is 69.6 Å². The number of anilines is 1. The van der Waals surface area contributed by atoms with Gasteiger partial charge in [-0.25, -0.2) is 4.79 Å². The number of hydrogen-bond acceptors (Lipinski definition) is 5. The number of hydrogen-bond donors (Lipinski definition) is 1. The normalized spacial score (nSPS) is 11.5. The van der Waals surface area contributed by atoms with Crippen LogP contribution in [0.4, 0.5) is 18.9 Å². The van der Waals surface area contributed by atoms with E-state index in [1.54, 1.807) is 35.7 Å². The van der Waals surface area contributed by atoms with E-state index in [0.29, 0.717) is 21.5 Å². The monoisotopic (exact) mass is 489 g/mol. The highest BCUT2D eigenvalue weighted by molar-refractivity contribution is 7.17. The zero-order valence-electron chi connectivity index (χ0n) is 17.8. The first-order chi connectivity index (χ1) is 16.2. The number of nitrogens with zero attached hydrogens (tertiary/aromatic N) is 2. The minimum atomic E-state index is -4.49. The second-order valence-electron chi connectivity index (χ2n) is 7.37. The summed E-state index contributed by atoms with van der Waals surface area (Å²) in [4.78, 5) is 38.7. The topological polar surface area (TPSA) is 82.3 Å². The molecule has 0 saturated heterocycles. The number of amides is 1. The van der Waals surface area contributed by atoms with Gasteiger partial charge in [-0.2, -0.15) is 13.2 Å². The van der Waals surface area contributed by atoms with Crippen LogP contribution in [0.5, 0.6) is 5.75 Å². The Labute approximate surface area is 194 Å². The number of alkyl halides is 3. The van der Waals surface area contributed by atoms with E-state index < -0.39 is 35.4 Å². The van der Waals surface area contributed by atoms with Crippen LogP contribution in [0, 0.1) is 0 Å². The van der Waals surface area contributed by atoms with Crippen molar-refractivity contribution in [2.75, 3.05) is 12.4 Å². The number of aromatic nitrogens is 2. The number of carbonyl (C=O) groups excluding carboxylic acids is 1. The number of thiophene rings is 1. The lowest BCUT2D eigenvalue weighted by Gasteiger charge is -2.13. The highest BCUT2D eigenvalue weighted by atomic mass is 32.1. The fraction of sp³-hybridized carbons (Fsp3) is 0.174. The third kappa shape index (κ3) is 4.74. The molecule has 1 amide bonds. The third-order valence-corrected chi connectivity index (χ3v) is 6.03. The molecule has 0 aliphatic carbocycles. The molecule has 2 heterocycles. The van der Waals surface area contributed by atoms with Crippen LogP contribution < -0.4 is 21.3 Å². The number of benzene rings is 2. The summed E-state index contributed by atoms with van der Waals surface area (Å²) in [5, 5.41) is 4.13. The average Bonchev–Trinajstić information content (AvgIpc) is 3.30. The van der Waals surface area contributed by atoms with Gasteiger partial charge in [0.05, 0.1) is 24.7 Å². The Morgan fingerprint density at radius 1 is 1.00 bits per heavy atom. The van der Waals surface area contributed by atoms with Crippen LogP contribution in [0.1, 0.15) is 11.1 Å². The number of ether oxygens (including phenoxy) is 1. The second kappa shape index (κ2) is 9.18. The Morgan fingerprint density at radius 3 is 2.29 bits per heavy atom. The number of rotatable bonds is 6. The number of methoxy groups -OCH3 is 1. The molecule has 0 aliphatic heterocycles. The van der Waals surface area contributed by atoms with Gasteiger partial charge in [0.2, 0.25) is 5.91 Å². The van der Waals surface area contributed by atoms with Gasteiger partial charge in [0.25, 0.3) is 5.56 Å². The standard InChI is InChI=1S/C23H18F3N3O4S/c1-33-17-8-2-14(3-9-17)12-29-21(31)20-18(10-11-34-20)28(22(29)32)13-19(30)27-16-6-4-15(5-7-16)23(24,25)26/h2-11H,12-13H2,1H3,(H,27,30). The summed E-state index contributed by atoms with van der Waals surface area (Å²) < 4.78 is 45.9. The Balaban J connectivity index is 1.63. The molecular weight excluding hydrogens is 471 g/mol. The number of fused-ring (bicyclic) bond motifs is 1. The van der Waals surface area contributed by atoms with Gasteiger partial charge in [0, 0.05) is 5.69 Å². The Morgan fingerprint density at radius 2 is 1.68 bits per heavy atom. The molecule has 11 heteroatoms. The summed E-state index contributed by atoms with van der Waals surface area (Å²) in [6, 6.07) is 12.4. The average molecular weight is 489 g/mol. The molecule has 0 unspecified atom stereocenters. The van der Waals surface area contributed by atoms with Crippen LogP contribution in [0.2, 0.25) is 0 Å².